The summed E-state index contributed by atoms with van der Waals surface area (Å²) in [6, 6.07) is 8.07. The van der Waals surface area contributed by atoms with Gasteiger partial charge in [-0.2, -0.15) is 0 Å². The smallest absolute Gasteiger partial charge is 0.236 e. The number of nitrogens with one attached hydrogen (secondary N) is 1. The van der Waals surface area contributed by atoms with Gasteiger partial charge in [0.2, 0.25) is 5.91 Å². The van der Waals surface area contributed by atoms with Crippen molar-refractivity contribution in [3.63, 3.8) is 0 Å². The summed E-state index contributed by atoms with van der Waals surface area (Å²) in [5.41, 5.74) is 1.91. The summed E-state index contributed by atoms with van der Waals surface area (Å²) in [7, 11) is 0. The van der Waals surface area contributed by atoms with E-state index in [-0.39, 0.29) is 11.3 Å². The lowest BCUT2D eigenvalue weighted by Gasteiger charge is -2.17. The average molecular weight is 253 g/mol. The van der Waals surface area contributed by atoms with Crippen LogP contribution in [0.2, 0.25) is 0 Å². The molecule has 1 N–H and O–H groups in total. The highest BCUT2D eigenvalue weighted by atomic mass is 16.2. The van der Waals surface area contributed by atoms with Crippen molar-refractivity contribution in [1.29, 1.82) is 0 Å². The number of carbonyl (C=O) groups is 1. The van der Waals surface area contributed by atoms with Crippen LogP contribution in [-0.2, 0) is 10.2 Å². The first-order valence-corrected chi connectivity index (χ1v) is 6.36. The minimum Gasteiger partial charge on any atom is -0.309 e. The Hall–Kier alpha value is -2.23. The number of anilines is 1. The van der Waals surface area contributed by atoms with Crippen molar-refractivity contribution in [2.75, 3.05) is 5.32 Å². The molecule has 4 nitrogen and oxygen atoms in total. The summed E-state index contributed by atoms with van der Waals surface area (Å²) < 4.78 is 0. The predicted molar refractivity (Wildman–Crippen MR) is 72.8 cm³/mol. The number of nitrogens with zero attached hydrogens (tertiary/aromatic N) is 2. The van der Waals surface area contributed by atoms with Gasteiger partial charge in [0.1, 0.15) is 0 Å². The largest absolute Gasteiger partial charge is 0.309 e. The number of aromatic nitrogens is 2. The van der Waals surface area contributed by atoms with E-state index in [2.05, 4.69) is 15.3 Å². The number of hydrogen-bond donors (Lipinski definition) is 1. The Labute approximate surface area is 111 Å². The average Bonchev–Trinajstić information content (AvgIpc) is 3.22. The molecule has 1 fully saturated rings. The Balaban J connectivity index is 1.86. The Morgan fingerprint density at radius 2 is 2.05 bits per heavy atom. The molecule has 0 unspecified atom stereocenters. The van der Waals surface area contributed by atoms with E-state index >= 15 is 0 Å². The van der Waals surface area contributed by atoms with Gasteiger partial charge in [-0.25, -0.2) is 4.98 Å². The van der Waals surface area contributed by atoms with Crippen LogP contribution in [0, 0.1) is 6.92 Å². The van der Waals surface area contributed by atoms with Crippen LogP contribution in [0.25, 0.3) is 0 Å². The summed E-state index contributed by atoms with van der Waals surface area (Å²) in [4.78, 5) is 20.5. The summed E-state index contributed by atoms with van der Waals surface area (Å²) in [6.07, 6.45) is 6.51. The number of carbonyl (C=O) groups excluding carboxylic acids is 1. The van der Waals surface area contributed by atoms with Crippen molar-refractivity contribution in [3.05, 3.63) is 54.0 Å². The van der Waals surface area contributed by atoms with E-state index in [1.54, 1.807) is 18.6 Å². The molecule has 1 aromatic heterocycles. The minimum atomic E-state index is -0.372. The molecule has 1 aliphatic carbocycles. The molecule has 1 saturated carbocycles. The van der Waals surface area contributed by atoms with Gasteiger partial charge in [0.25, 0.3) is 0 Å². The molecule has 19 heavy (non-hydrogen) atoms. The van der Waals surface area contributed by atoms with Crippen LogP contribution in [0.1, 0.15) is 24.0 Å². The molecule has 0 aliphatic heterocycles. The topological polar surface area (TPSA) is 54.9 Å². The second kappa shape index (κ2) is 4.46. The van der Waals surface area contributed by atoms with Crippen molar-refractivity contribution >= 4 is 11.7 Å². The molecule has 1 aliphatic rings. The maximum absolute atomic E-state index is 12.5. The third-order valence-electron chi connectivity index (χ3n) is 3.65. The monoisotopic (exact) mass is 253 g/mol. The van der Waals surface area contributed by atoms with Crippen LogP contribution in [0.4, 0.5) is 5.82 Å². The first kappa shape index (κ1) is 11.8. The first-order valence-electron chi connectivity index (χ1n) is 6.36. The van der Waals surface area contributed by atoms with Crippen molar-refractivity contribution in [2.24, 2.45) is 0 Å². The lowest BCUT2D eigenvalue weighted by atomic mass is 9.91. The van der Waals surface area contributed by atoms with Crippen LogP contribution in [0.5, 0.6) is 0 Å². The molecule has 0 spiro atoms. The van der Waals surface area contributed by atoms with Crippen molar-refractivity contribution in [1.82, 2.24) is 9.97 Å². The molecule has 96 valence electrons. The molecular weight excluding hydrogens is 238 g/mol. The Kier molecular flexibility index (Phi) is 2.78. The Morgan fingerprint density at radius 3 is 2.68 bits per heavy atom. The van der Waals surface area contributed by atoms with E-state index in [9.17, 15) is 4.79 Å². The number of amides is 1. The molecule has 0 radical (unpaired) electrons. The van der Waals surface area contributed by atoms with Crippen LogP contribution in [0.3, 0.4) is 0 Å². The van der Waals surface area contributed by atoms with Crippen LogP contribution in [0.15, 0.2) is 42.9 Å². The second-order valence-corrected chi connectivity index (χ2v) is 4.94. The van der Waals surface area contributed by atoms with E-state index in [0.29, 0.717) is 5.82 Å². The quantitative estimate of drug-likeness (QED) is 0.914. The second-order valence-electron chi connectivity index (χ2n) is 4.94. The molecule has 2 aromatic rings. The molecule has 0 bridgehead atoms. The van der Waals surface area contributed by atoms with Gasteiger partial charge in [-0.1, -0.05) is 24.3 Å². The summed E-state index contributed by atoms with van der Waals surface area (Å²) in [5.74, 6) is 0.523. The third-order valence-corrected chi connectivity index (χ3v) is 3.65. The number of aryl methyl sites for hydroxylation is 1. The fourth-order valence-corrected chi connectivity index (χ4v) is 2.45. The predicted octanol–water partition coefficient (Wildman–Crippen LogP) is 2.46. The van der Waals surface area contributed by atoms with E-state index in [4.69, 9.17) is 0 Å². The molecule has 1 amide bonds. The van der Waals surface area contributed by atoms with Crippen LogP contribution >= 0.6 is 0 Å². The molecule has 0 atom stereocenters. The fourth-order valence-electron chi connectivity index (χ4n) is 2.45. The molecule has 1 heterocycles. The van der Waals surface area contributed by atoms with E-state index in [1.807, 2.05) is 31.2 Å². The maximum Gasteiger partial charge on any atom is 0.236 e. The highest BCUT2D eigenvalue weighted by Gasteiger charge is 2.51. The van der Waals surface area contributed by atoms with E-state index in [1.165, 1.54) is 0 Å². The third kappa shape index (κ3) is 2.10. The van der Waals surface area contributed by atoms with Gasteiger partial charge in [-0.15, -0.1) is 0 Å². The molecular formula is C15H15N3O. The fraction of sp³-hybridized carbons (Fsp3) is 0.267. The van der Waals surface area contributed by atoms with Crippen LogP contribution in [-0.4, -0.2) is 15.9 Å². The van der Waals surface area contributed by atoms with Gasteiger partial charge < -0.3 is 5.32 Å². The summed E-state index contributed by atoms with van der Waals surface area (Å²) in [5, 5.41) is 2.86. The SMILES string of the molecule is Cc1ccccc1C1(C(=O)Nc2cnccn2)CC1. The van der Waals surface area contributed by atoms with E-state index in [0.717, 1.165) is 24.0 Å². The number of hydrogen-bond acceptors (Lipinski definition) is 3. The van der Waals surface area contributed by atoms with Crippen molar-refractivity contribution in [2.45, 2.75) is 25.2 Å². The Bertz CT molecular complexity index is 606. The maximum atomic E-state index is 12.5. The minimum absolute atomic E-state index is 0.0160. The van der Waals surface area contributed by atoms with E-state index < -0.39 is 0 Å². The highest BCUT2D eigenvalue weighted by molar-refractivity contribution is 6.01. The van der Waals surface area contributed by atoms with Crippen molar-refractivity contribution < 1.29 is 4.79 Å². The van der Waals surface area contributed by atoms with Crippen LogP contribution < -0.4 is 5.32 Å². The lowest BCUT2D eigenvalue weighted by molar-refractivity contribution is -0.118. The Morgan fingerprint density at radius 1 is 1.26 bits per heavy atom. The summed E-state index contributed by atoms with van der Waals surface area (Å²) in [6.45, 7) is 2.05. The van der Waals surface area contributed by atoms with Gasteiger partial charge in [0.05, 0.1) is 11.6 Å². The van der Waals surface area contributed by atoms with Crippen molar-refractivity contribution in [3.8, 4) is 0 Å². The van der Waals surface area contributed by atoms with Gasteiger partial charge >= 0.3 is 0 Å². The van der Waals surface area contributed by atoms with Gasteiger partial charge in [-0.05, 0) is 30.9 Å². The van der Waals surface area contributed by atoms with Gasteiger partial charge in [-0.3, -0.25) is 9.78 Å². The first-order chi connectivity index (χ1) is 9.22. The van der Waals surface area contributed by atoms with Gasteiger partial charge in [0.15, 0.2) is 5.82 Å². The molecule has 0 saturated heterocycles. The summed E-state index contributed by atoms with van der Waals surface area (Å²) >= 11 is 0. The highest BCUT2D eigenvalue weighted by Crippen LogP contribution is 2.49. The lowest BCUT2D eigenvalue weighted by Crippen LogP contribution is -2.28. The molecule has 3 rings (SSSR count). The molecule has 4 heteroatoms. The number of benzene rings is 1. The standard InChI is InChI=1S/C15H15N3O/c1-11-4-2-3-5-12(11)15(6-7-15)14(19)18-13-10-16-8-9-17-13/h2-5,8-10H,6-7H2,1H3,(H,17,18,19). The van der Waals surface area contributed by atoms with Gasteiger partial charge in [0, 0.05) is 12.4 Å². The number of rotatable bonds is 3. The zero-order chi connectivity index (χ0) is 13.3. The molecule has 1 aromatic carbocycles. The zero-order valence-electron chi connectivity index (χ0n) is 10.8. The zero-order valence-corrected chi connectivity index (χ0v) is 10.8. The normalized spacial score (nSPS) is 15.8.